The lowest BCUT2D eigenvalue weighted by atomic mass is 9.87. The van der Waals surface area contributed by atoms with E-state index in [2.05, 4.69) is 21.3 Å². The summed E-state index contributed by atoms with van der Waals surface area (Å²) >= 11 is 0. The molecule has 1 saturated carbocycles. The lowest BCUT2D eigenvalue weighted by molar-refractivity contribution is -0.125. The number of anilines is 1. The number of rotatable bonds is 3. The minimum absolute atomic E-state index is 0.128. The standard InChI is InChI=1S/C16H19FN4O3/c1-9-4-2-6-11(17)12(9)19-14(23)18-8-10-5-3-7-16(10)13(22)20-15(24)21-16/h2,4,6,10H,3,5,7-8H2,1H3,(H2,18,19,23)(H2,20,21,22,24)/t10-,16+/m0/s1. The summed E-state index contributed by atoms with van der Waals surface area (Å²) in [5.74, 6) is -1.05. The molecule has 2 aliphatic rings. The average Bonchev–Trinajstić information content (AvgIpc) is 3.05. The number of hydrogen-bond acceptors (Lipinski definition) is 3. The van der Waals surface area contributed by atoms with E-state index in [4.69, 9.17) is 0 Å². The highest BCUT2D eigenvalue weighted by Gasteiger charge is 2.54. The quantitative estimate of drug-likeness (QED) is 0.632. The van der Waals surface area contributed by atoms with Crippen LogP contribution < -0.4 is 21.3 Å². The zero-order valence-electron chi connectivity index (χ0n) is 13.2. The summed E-state index contributed by atoms with van der Waals surface area (Å²) in [6, 6.07) is 3.49. The van der Waals surface area contributed by atoms with Gasteiger partial charge in [-0.2, -0.15) is 0 Å². The Morgan fingerprint density at radius 2 is 2.21 bits per heavy atom. The van der Waals surface area contributed by atoms with Gasteiger partial charge in [-0.15, -0.1) is 0 Å². The van der Waals surface area contributed by atoms with Crippen LogP contribution in [0.2, 0.25) is 0 Å². The molecule has 3 rings (SSSR count). The molecule has 1 heterocycles. The first-order valence-corrected chi connectivity index (χ1v) is 7.86. The highest BCUT2D eigenvalue weighted by molar-refractivity contribution is 6.07. The normalized spacial score (nSPS) is 25.5. The van der Waals surface area contributed by atoms with E-state index >= 15 is 0 Å². The third-order valence-electron chi connectivity index (χ3n) is 4.76. The van der Waals surface area contributed by atoms with E-state index in [1.54, 1.807) is 19.1 Å². The van der Waals surface area contributed by atoms with Crippen LogP contribution in [0.4, 0.5) is 19.7 Å². The van der Waals surface area contributed by atoms with Crippen molar-refractivity contribution in [3.63, 3.8) is 0 Å². The monoisotopic (exact) mass is 334 g/mol. The van der Waals surface area contributed by atoms with Crippen LogP contribution in [0.25, 0.3) is 0 Å². The van der Waals surface area contributed by atoms with Gasteiger partial charge in [-0.3, -0.25) is 10.1 Å². The summed E-state index contributed by atoms with van der Waals surface area (Å²) < 4.78 is 13.7. The van der Waals surface area contributed by atoms with Crippen LogP contribution in [0, 0.1) is 18.7 Å². The predicted octanol–water partition coefficient (Wildman–Crippen LogP) is 1.63. The SMILES string of the molecule is Cc1cccc(F)c1NC(=O)NC[C@@H]1CCC[C@@]12NC(=O)NC2=O. The van der Waals surface area contributed by atoms with Gasteiger partial charge in [0.2, 0.25) is 0 Å². The number of carbonyl (C=O) groups excluding carboxylic acids is 3. The molecule has 0 radical (unpaired) electrons. The molecule has 1 saturated heterocycles. The van der Waals surface area contributed by atoms with E-state index in [0.717, 1.165) is 6.42 Å². The number of halogens is 1. The third kappa shape index (κ3) is 2.79. The van der Waals surface area contributed by atoms with Crippen molar-refractivity contribution in [1.82, 2.24) is 16.0 Å². The number of para-hydroxylation sites is 1. The highest BCUT2D eigenvalue weighted by Crippen LogP contribution is 2.37. The van der Waals surface area contributed by atoms with E-state index < -0.39 is 23.4 Å². The van der Waals surface area contributed by atoms with Crippen LogP contribution in [0.1, 0.15) is 24.8 Å². The van der Waals surface area contributed by atoms with Gasteiger partial charge < -0.3 is 16.0 Å². The fourth-order valence-corrected chi connectivity index (χ4v) is 3.49. The number of urea groups is 2. The van der Waals surface area contributed by atoms with Crippen molar-refractivity contribution in [3.8, 4) is 0 Å². The zero-order chi connectivity index (χ0) is 17.3. The van der Waals surface area contributed by atoms with E-state index in [1.807, 2.05) is 0 Å². The largest absolute Gasteiger partial charge is 0.337 e. The maximum atomic E-state index is 13.7. The van der Waals surface area contributed by atoms with Gasteiger partial charge in [0.15, 0.2) is 0 Å². The summed E-state index contributed by atoms with van der Waals surface area (Å²) in [5, 5.41) is 10.1. The van der Waals surface area contributed by atoms with Crippen LogP contribution in [0.5, 0.6) is 0 Å². The second-order valence-electron chi connectivity index (χ2n) is 6.24. The van der Waals surface area contributed by atoms with Crippen LogP contribution >= 0.6 is 0 Å². The number of carbonyl (C=O) groups is 3. The second kappa shape index (κ2) is 6.10. The Kier molecular flexibility index (Phi) is 4.13. The highest BCUT2D eigenvalue weighted by atomic mass is 19.1. The maximum absolute atomic E-state index is 13.7. The molecule has 2 atom stereocenters. The summed E-state index contributed by atoms with van der Waals surface area (Å²) in [6.07, 6.45) is 2.05. The van der Waals surface area contributed by atoms with Crippen LogP contribution in [-0.2, 0) is 4.79 Å². The Labute approximate surface area is 138 Å². The molecule has 1 aliphatic carbocycles. The van der Waals surface area contributed by atoms with Crippen molar-refractivity contribution < 1.29 is 18.8 Å². The summed E-state index contributed by atoms with van der Waals surface area (Å²) in [4.78, 5) is 35.5. The number of nitrogens with one attached hydrogen (secondary N) is 4. The molecule has 8 heteroatoms. The van der Waals surface area contributed by atoms with Gasteiger partial charge in [-0.25, -0.2) is 14.0 Å². The first-order chi connectivity index (χ1) is 11.4. The second-order valence-corrected chi connectivity index (χ2v) is 6.24. The molecule has 1 aromatic carbocycles. The Hall–Kier alpha value is -2.64. The average molecular weight is 334 g/mol. The van der Waals surface area contributed by atoms with Crippen molar-refractivity contribution in [2.24, 2.45) is 5.92 Å². The predicted molar refractivity (Wildman–Crippen MR) is 84.9 cm³/mol. The van der Waals surface area contributed by atoms with E-state index in [-0.39, 0.29) is 24.1 Å². The summed E-state index contributed by atoms with van der Waals surface area (Å²) in [5.41, 5.74) is -0.203. The van der Waals surface area contributed by atoms with Gasteiger partial charge in [0.05, 0.1) is 5.69 Å². The Bertz CT molecular complexity index is 688. The summed E-state index contributed by atoms with van der Waals surface area (Å²) in [7, 11) is 0. The fourth-order valence-electron chi connectivity index (χ4n) is 3.49. The number of hydrogen-bond donors (Lipinski definition) is 4. The molecule has 7 nitrogen and oxygen atoms in total. The molecule has 1 aliphatic heterocycles. The van der Waals surface area contributed by atoms with Crippen LogP contribution in [0.15, 0.2) is 18.2 Å². The van der Waals surface area contributed by atoms with Gasteiger partial charge in [0.1, 0.15) is 11.4 Å². The molecule has 0 bridgehead atoms. The van der Waals surface area contributed by atoms with Gasteiger partial charge in [0.25, 0.3) is 5.91 Å². The van der Waals surface area contributed by atoms with E-state index in [0.29, 0.717) is 18.4 Å². The van der Waals surface area contributed by atoms with Crippen molar-refractivity contribution in [1.29, 1.82) is 0 Å². The van der Waals surface area contributed by atoms with Gasteiger partial charge >= 0.3 is 12.1 Å². The first-order valence-electron chi connectivity index (χ1n) is 7.86. The van der Waals surface area contributed by atoms with E-state index in [9.17, 15) is 18.8 Å². The van der Waals surface area contributed by atoms with Crippen molar-refractivity contribution >= 4 is 23.7 Å². The molecule has 0 unspecified atom stereocenters. The first kappa shape index (κ1) is 16.2. The topological polar surface area (TPSA) is 99.3 Å². The Morgan fingerprint density at radius 1 is 1.42 bits per heavy atom. The lowest BCUT2D eigenvalue weighted by Gasteiger charge is -2.28. The lowest BCUT2D eigenvalue weighted by Crippen LogP contribution is -2.53. The molecule has 2 fully saturated rings. The molecule has 4 N–H and O–H groups in total. The molecule has 1 spiro atoms. The molecule has 0 aromatic heterocycles. The maximum Gasteiger partial charge on any atom is 0.322 e. The molecule has 24 heavy (non-hydrogen) atoms. The molecular formula is C16H19FN4O3. The number of benzene rings is 1. The van der Waals surface area contributed by atoms with E-state index in [1.165, 1.54) is 6.07 Å². The van der Waals surface area contributed by atoms with Crippen molar-refractivity contribution in [2.75, 3.05) is 11.9 Å². The van der Waals surface area contributed by atoms with Crippen molar-refractivity contribution in [2.45, 2.75) is 31.7 Å². The minimum Gasteiger partial charge on any atom is -0.337 e. The van der Waals surface area contributed by atoms with Gasteiger partial charge in [-0.1, -0.05) is 18.6 Å². The van der Waals surface area contributed by atoms with Crippen molar-refractivity contribution in [3.05, 3.63) is 29.6 Å². The van der Waals surface area contributed by atoms with Gasteiger partial charge in [-0.05, 0) is 31.4 Å². The van der Waals surface area contributed by atoms with Crippen LogP contribution in [0.3, 0.4) is 0 Å². The third-order valence-corrected chi connectivity index (χ3v) is 4.76. The number of aryl methyl sites for hydroxylation is 1. The minimum atomic E-state index is -0.946. The fraction of sp³-hybridized carbons (Fsp3) is 0.438. The molecule has 5 amide bonds. The zero-order valence-corrected chi connectivity index (χ0v) is 13.2. The molecule has 128 valence electrons. The molecular weight excluding hydrogens is 315 g/mol. The Morgan fingerprint density at radius 3 is 2.88 bits per heavy atom. The number of amides is 5. The van der Waals surface area contributed by atoms with Crippen LogP contribution in [-0.4, -0.2) is 30.1 Å². The Balaban J connectivity index is 1.62. The van der Waals surface area contributed by atoms with Gasteiger partial charge in [0, 0.05) is 12.5 Å². The smallest absolute Gasteiger partial charge is 0.322 e. The number of imide groups is 1. The molecule has 1 aromatic rings. The summed E-state index contributed by atoms with van der Waals surface area (Å²) in [6.45, 7) is 1.91.